The molecule has 0 aliphatic heterocycles. The molecule has 0 bridgehead atoms. The van der Waals surface area contributed by atoms with Gasteiger partial charge in [-0.2, -0.15) is 0 Å². The van der Waals surface area contributed by atoms with Crippen molar-refractivity contribution in [2.75, 3.05) is 0 Å². The van der Waals surface area contributed by atoms with Crippen molar-refractivity contribution in [2.45, 2.75) is 65.4 Å². The molecule has 0 N–H and O–H groups in total. The van der Waals surface area contributed by atoms with Gasteiger partial charge in [0.2, 0.25) is 0 Å². The number of fused-ring (bicyclic) bond motifs is 5. The summed E-state index contributed by atoms with van der Waals surface area (Å²) < 4.78 is 6.17. The lowest BCUT2D eigenvalue weighted by Crippen LogP contribution is -2.49. The van der Waals surface area contributed by atoms with E-state index in [-0.39, 0.29) is 10.8 Å². The Kier molecular flexibility index (Phi) is 4.30. The number of hydrogen-bond acceptors (Lipinski definition) is 2. The molecular formula is C26H32O2. The van der Waals surface area contributed by atoms with E-state index in [1.807, 2.05) is 6.07 Å². The second-order valence-corrected chi connectivity index (χ2v) is 9.99. The molecule has 4 aliphatic rings. The molecule has 0 amide bonds. The predicted molar refractivity (Wildman–Crippen MR) is 111 cm³/mol. The molecule has 0 unspecified atom stereocenters. The lowest BCUT2D eigenvalue weighted by atomic mass is 9.49. The van der Waals surface area contributed by atoms with E-state index in [1.54, 1.807) is 0 Å². The van der Waals surface area contributed by atoms with Gasteiger partial charge in [0.1, 0.15) is 12.4 Å². The molecule has 5 rings (SSSR count). The minimum atomic E-state index is -0.0304. The maximum Gasteiger partial charge on any atom is 0.139 e. The van der Waals surface area contributed by atoms with Crippen molar-refractivity contribution >= 4 is 5.78 Å². The molecule has 0 spiro atoms. The van der Waals surface area contributed by atoms with Crippen molar-refractivity contribution in [3.63, 3.8) is 0 Å². The van der Waals surface area contributed by atoms with E-state index >= 15 is 0 Å². The van der Waals surface area contributed by atoms with Gasteiger partial charge in [0, 0.05) is 18.3 Å². The van der Waals surface area contributed by atoms with Crippen molar-refractivity contribution < 1.29 is 9.53 Å². The Balaban J connectivity index is 1.36. The third-order valence-corrected chi connectivity index (χ3v) is 8.71. The number of carbonyl (C=O) groups is 1. The van der Waals surface area contributed by atoms with Crippen LogP contribution in [0.1, 0.15) is 64.4 Å². The third-order valence-electron chi connectivity index (χ3n) is 8.71. The fourth-order valence-corrected chi connectivity index (χ4v) is 6.93. The summed E-state index contributed by atoms with van der Waals surface area (Å²) in [7, 11) is 0. The van der Waals surface area contributed by atoms with Crippen LogP contribution >= 0.6 is 0 Å². The summed E-state index contributed by atoms with van der Waals surface area (Å²) in [4.78, 5) is 12.6. The van der Waals surface area contributed by atoms with Crippen molar-refractivity contribution in [1.29, 1.82) is 0 Å². The lowest BCUT2D eigenvalue weighted by molar-refractivity contribution is -0.131. The molecule has 0 aromatic heterocycles. The molecule has 5 atom stereocenters. The maximum atomic E-state index is 12.6. The van der Waals surface area contributed by atoms with Gasteiger partial charge in [-0.25, -0.2) is 0 Å². The van der Waals surface area contributed by atoms with Crippen LogP contribution in [0.2, 0.25) is 0 Å². The Morgan fingerprint density at radius 1 is 1.00 bits per heavy atom. The van der Waals surface area contributed by atoms with Gasteiger partial charge < -0.3 is 4.74 Å². The quantitative estimate of drug-likeness (QED) is 0.625. The zero-order chi connectivity index (χ0) is 19.4. The minimum Gasteiger partial charge on any atom is -0.493 e. The van der Waals surface area contributed by atoms with Crippen molar-refractivity contribution in [3.05, 3.63) is 59.4 Å². The molecule has 28 heavy (non-hydrogen) atoms. The number of ether oxygens (including phenoxy) is 1. The Labute approximate surface area is 169 Å². The highest BCUT2D eigenvalue weighted by atomic mass is 16.5. The van der Waals surface area contributed by atoms with E-state index in [0.717, 1.165) is 43.8 Å². The van der Waals surface area contributed by atoms with Gasteiger partial charge in [0.05, 0.1) is 5.76 Å². The van der Waals surface area contributed by atoms with E-state index in [2.05, 4.69) is 50.3 Å². The van der Waals surface area contributed by atoms with Crippen LogP contribution < -0.4 is 0 Å². The smallest absolute Gasteiger partial charge is 0.139 e. The molecule has 1 aromatic carbocycles. The van der Waals surface area contributed by atoms with Gasteiger partial charge in [0.25, 0.3) is 0 Å². The van der Waals surface area contributed by atoms with Crippen LogP contribution in [-0.4, -0.2) is 5.78 Å². The normalized spacial score (nSPS) is 39.4. The van der Waals surface area contributed by atoms with E-state index < -0.39 is 0 Å². The van der Waals surface area contributed by atoms with Crippen LogP contribution in [0.4, 0.5) is 0 Å². The molecule has 0 heterocycles. The van der Waals surface area contributed by atoms with Crippen molar-refractivity contribution in [2.24, 2.45) is 28.6 Å². The first kappa shape index (κ1) is 18.2. The number of Topliss-reactive ketones (excluding diaryl/α,β-unsaturated/α-hetero) is 1. The van der Waals surface area contributed by atoms with Crippen LogP contribution in [0.3, 0.4) is 0 Å². The first-order chi connectivity index (χ1) is 13.5. The highest BCUT2D eigenvalue weighted by molar-refractivity contribution is 5.87. The van der Waals surface area contributed by atoms with E-state index in [9.17, 15) is 4.79 Å². The van der Waals surface area contributed by atoms with Gasteiger partial charge in [0.15, 0.2) is 0 Å². The summed E-state index contributed by atoms with van der Waals surface area (Å²) in [5, 5.41) is 0. The summed E-state index contributed by atoms with van der Waals surface area (Å²) in [6, 6.07) is 10.4. The highest BCUT2D eigenvalue weighted by Crippen LogP contribution is 2.63. The van der Waals surface area contributed by atoms with Gasteiger partial charge in [-0.1, -0.05) is 50.3 Å². The molecular weight excluding hydrogens is 344 g/mol. The Morgan fingerprint density at radius 3 is 2.61 bits per heavy atom. The SMILES string of the molecule is C[C@]12CCC(OCc3ccccc3)=CC1=CC[C@@H]1[C@@H]2CC[C@]2(C)C(=O)CC[C@@H]12. The topological polar surface area (TPSA) is 26.3 Å². The van der Waals surface area contributed by atoms with Crippen LogP contribution in [0.5, 0.6) is 0 Å². The Hall–Kier alpha value is -1.83. The van der Waals surface area contributed by atoms with Crippen LogP contribution in [-0.2, 0) is 16.1 Å². The van der Waals surface area contributed by atoms with E-state index in [0.29, 0.717) is 24.2 Å². The average Bonchev–Trinajstić information content (AvgIpc) is 3.02. The summed E-state index contributed by atoms with van der Waals surface area (Å²) in [5.74, 6) is 3.70. The first-order valence-corrected chi connectivity index (χ1v) is 11.1. The third kappa shape index (κ3) is 2.71. The second-order valence-electron chi connectivity index (χ2n) is 9.99. The zero-order valence-corrected chi connectivity index (χ0v) is 17.2. The number of hydrogen-bond donors (Lipinski definition) is 0. The molecule has 1 aromatic rings. The van der Waals surface area contributed by atoms with Gasteiger partial charge >= 0.3 is 0 Å². The number of ketones is 1. The average molecular weight is 377 g/mol. The van der Waals surface area contributed by atoms with Gasteiger partial charge in [-0.3, -0.25) is 4.79 Å². The van der Waals surface area contributed by atoms with Crippen molar-refractivity contribution in [3.8, 4) is 0 Å². The molecule has 148 valence electrons. The molecule has 2 heteroatoms. The summed E-state index contributed by atoms with van der Waals surface area (Å²) in [6.07, 6.45) is 12.4. The minimum absolute atomic E-state index is 0.0304. The standard InChI is InChI=1S/C26H32O2/c1-25-14-12-20(28-17-18-6-4-3-5-7-18)16-19(25)8-9-21-22-10-11-24(27)26(22,2)15-13-23(21)25/h3-8,16,21-23H,9-15,17H2,1-2H3/t21-,22-,23-,25-,26-/m0/s1. The predicted octanol–water partition coefficient (Wildman–Crippen LogP) is 6.23. The van der Waals surface area contributed by atoms with Gasteiger partial charge in [-0.15, -0.1) is 0 Å². The number of allylic oxidation sites excluding steroid dienone is 4. The zero-order valence-electron chi connectivity index (χ0n) is 17.2. The molecule has 2 fully saturated rings. The molecule has 2 nitrogen and oxygen atoms in total. The van der Waals surface area contributed by atoms with E-state index in [1.165, 1.54) is 24.0 Å². The first-order valence-electron chi connectivity index (χ1n) is 11.1. The van der Waals surface area contributed by atoms with Gasteiger partial charge in [-0.05, 0) is 72.5 Å². The molecule has 0 radical (unpaired) electrons. The summed E-state index contributed by atoms with van der Waals surface area (Å²) in [6.45, 7) is 5.41. The lowest BCUT2D eigenvalue weighted by Gasteiger charge is -2.55. The molecule has 2 saturated carbocycles. The summed E-state index contributed by atoms with van der Waals surface area (Å²) >= 11 is 0. The maximum absolute atomic E-state index is 12.6. The fourth-order valence-electron chi connectivity index (χ4n) is 6.93. The number of carbonyl (C=O) groups excluding carboxylic acids is 1. The number of rotatable bonds is 3. The van der Waals surface area contributed by atoms with Crippen molar-refractivity contribution in [1.82, 2.24) is 0 Å². The second kappa shape index (κ2) is 6.61. The highest BCUT2D eigenvalue weighted by Gasteiger charge is 2.58. The van der Waals surface area contributed by atoms with Crippen LogP contribution in [0, 0.1) is 28.6 Å². The van der Waals surface area contributed by atoms with Crippen LogP contribution in [0.25, 0.3) is 0 Å². The Morgan fingerprint density at radius 2 is 1.79 bits per heavy atom. The largest absolute Gasteiger partial charge is 0.493 e. The Bertz CT molecular complexity index is 835. The number of benzene rings is 1. The van der Waals surface area contributed by atoms with Crippen LogP contribution in [0.15, 0.2) is 53.8 Å². The molecule has 0 saturated heterocycles. The fraction of sp³-hybridized carbons (Fsp3) is 0.577. The monoisotopic (exact) mass is 376 g/mol. The van der Waals surface area contributed by atoms with E-state index in [4.69, 9.17) is 4.74 Å². The summed E-state index contributed by atoms with van der Waals surface area (Å²) in [5.41, 5.74) is 2.95. The molecule has 4 aliphatic carbocycles.